The molecule has 1 aliphatic carbocycles. The van der Waals surface area contributed by atoms with Gasteiger partial charge in [0.1, 0.15) is 0 Å². The molecule has 0 unspecified atom stereocenters. The summed E-state index contributed by atoms with van der Waals surface area (Å²) in [6.45, 7) is 0.610. The Labute approximate surface area is 122 Å². The lowest BCUT2D eigenvalue weighted by atomic mass is 10.1. The van der Waals surface area contributed by atoms with Crippen molar-refractivity contribution in [2.75, 3.05) is 11.4 Å². The van der Waals surface area contributed by atoms with Crippen LogP contribution >= 0.6 is 11.6 Å². The molecular formula is C15H15ClN2O2. The largest absolute Gasteiger partial charge is 0.478 e. The second kappa shape index (κ2) is 6.44. The van der Waals surface area contributed by atoms with Crippen molar-refractivity contribution in [1.29, 1.82) is 5.26 Å². The maximum atomic E-state index is 10.7. The molecule has 1 aromatic carbocycles. The Morgan fingerprint density at radius 3 is 2.90 bits per heavy atom. The standard InChI is InChI=1S/C15H15ClN2O2/c16-13-4-1-3-11(5-8-14(19)20)15(13)18(10-2-9-17)12-6-7-12/h1,3-5,8,12H,2,6-7,10H2,(H,19,20)/b8-5+. The summed E-state index contributed by atoms with van der Waals surface area (Å²) in [6.07, 6.45) is 5.23. The Bertz CT molecular complexity index is 574. The Morgan fingerprint density at radius 1 is 1.55 bits per heavy atom. The average molecular weight is 291 g/mol. The van der Waals surface area contributed by atoms with Crippen LogP contribution in [0.2, 0.25) is 5.02 Å². The molecule has 1 N–H and O–H groups in total. The van der Waals surface area contributed by atoms with Crippen LogP contribution in [-0.2, 0) is 4.79 Å². The first-order chi connectivity index (χ1) is 9.63. The van der Waals surface area contributed by atoms with Gasteiger partial charge in [-0.25, -0.2) is 4.79 Å². The van der Waals surface area contributed by atoms with Crippen molar-refractivity contribution in [3.05, 3.63) is 34.9 Å². The van der Waals surface area contributed by atoms with Crippen LogP contribution in [0.5, 0.6) is 0 Å². The summed E-state index contributed by atoms with van der Waals surface area (Å²) >= 11 is 6.28. The van der Waals surface area contributed by atoms with E-state index in [4.69, 9.17) is 22.0 Å². The van der Waals surface area contributed by atoms with E-state index in [0.717, 1.165) is 30.2 Å². The number of anilines is 1. The van der Waals surface area contributed by atoms with E-state index in [9.17, 15) is 4.79 Å². The number of benzene rings is 1. The van der Waals surface area contributed by atoms with Gasteiger partial charge in [-0.3, -0.25) is 0 Å². The summed E-state index contributed by atoms with van der Waals surface area (Å²) in [5.74, 6) is -0.995. The minimum Gasteiger partial charge on any atom is -0.478 e. The van der Waals surface area contributed by atoms with Gasteiger partial charge in [0.15, 0.2) is 0 Å². The van der Waals surface area contributed by atoms with Gasteiger partial charge < -0.3 is 10.0 Å². The van der Waals surface area contributed by atoms with Crippen LogP contribution in [0.3, 0.4) is 0 Å². The SMILES string of the molecule is N#CCCN(c1c(Cl)cccc1/C=C/C(=O)O)C1CC1. The van der Waals surface area contributed by atoms with Crippen LogP contribution in [0.4, 0.5) is 5.69 Å². The minimum atomic E-state index is -0.995. The second-order valence-electron chi connectivity index (χ2n) is 4.68. The van der Waals surface area contributed by atoms with Crippen LogP contribution in [-0.4, -0.2) is 23.7 Å². The maximum Gasteiger partial charge on any atom is 0.328 e. The molecule has 0 aromatic heterocycles. The first-order valence-electron chi connectivity index (χ1n) is 6.46. The van der Waals surface area contributed by atoms with Gasteiger partial charge in [-0.1, -0.05) is 23.7 Å². The number of carboxylic acid groups (broad SMARTS) is 1. The van der Waals surface area contributed by atoms with E-state index in [-0.39, 0.29) is 0 Å². The van der Waals surface area contributed by atoms with Gasteiger partial charge in [0.2, 0.25) is 0 Å². The third-order valence-electron chi connectivity index (χ3n) is 3.16. The molecule has 0 amide bonds. The third-order valence-corrected chi connectivity index (χ3v) is 3.47. The van der Waals surface area contributed by atoms with Crippen molar-refractivity contribution in [2.24, 2.45) is 0 Å². The summed E-state index contributed by atoms with van der Waals surface area (Å²) in [6, 6.07) is 7.96. The number of carbonyl (C=O) groups is 1. The predicted molar refractivity (Wildman–Crippen MR) is 78.7 cm³/mol. The smallest absolute Gasteiger partial charge is 0.328 e. The lowest BCUT2D eigenvalue weighted by Crippen LogP contribution is -2.27. The van der Waals surface area contributed by atoms with Crippen molar-refractivity contribution in [2.45, 2.75) is 25.3 Å². The van der Waals surface area contributed by atoms with E-state index in [2.05, 4.69) is 11.0 Å². The number of carboxylic acids is 1. The molecule has 5 heteroatoms. The average Bonchev–Trinajstić information content (AvgIpc) is 3.23. The van der Waals surface area contributed by atoms with Crippen LogP contribution in [0.15, 0.2) is 24.3 Å². The molecule has 0 bridgehead atoms. The van der Waals surface area contributed by atoms with Gasteiger partial charge in [-0.15, -0.1) is 0 Å². The lowest BCUT2D eigenvalue weighted by molar-refractivity contribution is -0.131. The zero-order valence-corrected chi connectivity index (χ0v) is 11.7. The summed E-state index contributed by atoms with van der Waals surface area (Å²) in [4.78, 5) is 12.8. The monoisotopic (exact) mass is 290 g/mol. The number of halogens is 1. The molecule has 2 rings (SSSR count). The van der Waals surface area contributed by atoms with Gasteiger partial charge in [0, 0.05) is 18.7 Å². The van der Waals surface area contributed by atoms with Crippen LogP contribution in [0, 0.1) is 11.3 Å². The summed E-state index contributed by atoms with van der Waals surface area (Å²) < 4.78 is 0. The fourth-order valence-corrected chi connectivity index (χ4v) is 2.45. The quantitative estimate of drug-likeness (QED) is 0.816. The highest BCUT2D eigenvalue weighted by molar-refractivity contribution is 6.33. The van der Waals surface area contributed by atoms with E-state index in [0.29, 0.717) is 24.0 Å². The zero-order valence-electron chi connectivity index (χ0n) is 10.9. The number of nitrogens with zero attached hydrogens (tertiary/aromatic N) is 2. The highest BCUT2D eigenvalue weighted by Gasteiger charge is 2.31. The van der Waals surface area contributed by atoms with Gasteiger partial charge in [0.25, 0.3) is 0 Å². The van der Waals surface area contributed by atoms with Gasteiger partial charge in [0.05, 0.1) is 23.2 Å². The van der Waals surface area contributed by atoms with Crippen molar-refractivity contribution in [3.63, 3.8) is 0 Å². The zero-order chi connectivity index (χ0) is 14.5. The van der Waals surface area contributed by atoms with Crippen molar-refractivity contribution >= 4 is 29.3 Å². The highest BCUT2D eigenvalue weighted by atomic mass is 35.5. The molecule has 4 nitrogen and oxygen atoms in total. The lowest BCUT2D eigenvalue weighted by Gasteiger charge is -2.26. The first kappa shape index (κ1) is 14.4. The number of para-hydroxylation sites is 1. The van der Waals surface area contributed by atoms with Crippen molar-refractivity contribution in [3.8, 4) is 6.07 Å². The number of rotatable bonds is 6. The number of hydrogen-bond acceptors (Lipinski definition) is 3. The molecule has 104 valence electrons. The van der Waals surface area contributed by atoms with E-state index >= 15 is 0 Å². The number of hydrogen-bond donors (Lipinski definition) is 1. The van der Waals surface area contributed by atoms with Gasteiger partial charge in [-0.05, 0) is 30.5 Å². The molecular weight excluding hydrogens is 276 g/mol. The molecule has 0 atom stereocenters. The topological polar surface area (TPSA) is 64.3 Å². The summed E-state index contributed by atoms with van der Waals surface area (Å²) in [5.41, 5.74) is 1.59. The Balaban J connectivity index is 2.36. The molecule has 0 spiro atoms. The Kier molecular flexibility index (Phi) is 4.65. The van der Waals surface area contributed by atoms with Crippen LogP contribution < -0.4 is 4.90 Å². The molecule has 20 heavy (non-hydrogen) atoms. The highest BCUT2D eigenvalue weighted by Crippen LogP contribution is 2.38. The van der Waals surface area contributed by atoms with E-state index < -0.39 is 5.97 Å². The molecule has 1 aromatic rings. The van der Waals surface area contributed by atoms with Crippen molar-refractivity contribution < 1.29 is 9.90 Å². The predicted octanol–water partition coefficient (Wildman–Crippen LogP) is 3.32. The molecule has 0 saturated heterocycles. The third kappa shape index (κ3) is 3.52. The first-order valence-corrected chi connectivity index (χ1v) is 6.84. The normalized spacial score (nSPS) is 14.2. The van der Waals surface area contributed by atoms with E-state index in [1.54, 1.807) is 18.2 Å². The fourth-order valence-electron chi connectivity index (χ4n) is 2.16. The maximum absolute atomic E-state index is 10.7. The van der Waals surface area contributed by atoms with Gasteiger partial charge in [-0.2, -0.15) is 5.26 Å². The molecule has 0 radical (unpaired) electrons. The van der Waals surface area contributed by atoms with E-state index in [1.807, 2.05) is 6.07 Å². The van der Waals surface area contributed by atoms with Crippen molar-refractivity contribution in [1.82, 2.24) is 0 Å². The second-order valence-corrected chi connectivity index (χ2v) is 5.09. The minimum absolute atomic E-state index is 0.403. The fraction of sp³-hybridized carbons (Fsp3) is 0.333. The van der Waals surface area contributed by atoms with Crippen LogP contribution in [0.25, 0.3) is 6.08 Å². The molecule has 1 saturated carbocycles. The number of aliphatic carboxylic acids is 1. The molecule has 0 heterocycles. The van der Waals surface area contributed by atoms with Crippen LogP contribution in [0.1, 0.15) is 24.8 Å². The van der Waals surface area contributed by atoms with E-state index in [1.165, 1.54) is 0 Å². The molecule has 1 aliphatic rings. The summed E-state index contributed by atoms with van der Waals surface area (Å²) in [5, 5.41) is 18.1. The Morgan fingerprint density at radius 2 is 2.30 bits per heavy atom. The van der Waals surface area contributed by atoms with Gasteiger partial charge >= 0.3 is 5.97 Å². The summed E-state index contributed by atoms with van der Waals surface area (Å²) in [7, 11) is 0. The molecule has 1 fully saturated rings. The number of nitriles is 1. The Hall–Kier alpha value is -1.99. The molecule has 0 aliphatic heterocycles.